The third-order valence-electron chi connectivity index (χ3n) is 2.31. The smallest absolute Gasteiger partial charge is 0.370 e. The Morgan fingerprint density at radius 1 is 0.680 bits per heavy atom. The van der Waals surface area contributed by atoms with Crippen molar-refractivity contribution in [3.63, 3.8) is 0 Å². The second-order valence-electron chi connectivity index (χ2n) is 4.29. The molecule has 0 spiro atoms. The van der Waals surface area contributed by atoms with Gasteiger partial charge in [0.05, 0.1) is 0 Å². The van der Waals surface area contributed by atoms with Crippen molar-refractivity contribution in [1.82, 2.24) is 0 Å². The molecule has 0 aliphatic carbocycles. The molecule has 2 aromatic carbocycles. The molecule has 0 aliphatic heterocycles. The second kappa shape index (κ2) is 8.53. The van der Waals surface area contributed by atoms with Gasteiger partial charge in [0.25, 0.3) is 0 Å². The van der Waals surface area contributed by atoms with Crippen molar-refractivity contribution in [2.45, 2.75) is 0 Å². The summed E-state index contributed by atoms with van der Waals surface area (Å²) in [5.74, 6) is -6.95. The van der Waals surface area contributed by atoms with E-state index in [1.54, 1.807) is 36.4 Å². The van der Waals surface area contributed by atoms with E-state index in [2.05, 4.69) is 8.30 Å². The Morgan fingerprint density at radius 3 is 1.32 bits per heavy atom. The summed E-state index contributed by atoms with van der Waals surface area (Å²) >= 11 is 23.5. The van der Waals surface area contributed by atoms with Gasteiger partial charge in [0.2, 0.25) is 0 Å². The summed E-state index contributed by atoms with van der Waals surface area (Å²) in [4.78, 5) is 0. The highest BCUT2D eigenvalue weighted by molar-refractivity contribution is 8.14. The molecule has 0 unspecified atom stereocenters. The summed E-state index contributed by atoms with van der Waals surface area (Å²) in [5, 5.41) is 0. The highest BCUT2D eigenvalue weighted by atomic mass is 35.9. The van der Waals surface area contributed by atoms with E-state index in [1.165, 1.54) is 24.3 Å². The molecule has 136 valence electrons. The fraction of sp³-hybridized carbons (Fsp3) is 0. The molecule has 0 bridgehead atoms. The Kier molecular flexibility index (Phi) is 7.14. The van der Waals surface area contributed by atoms with Crippen molar-refractivity contribution in [2.24, 2.45) is 8.30 Å². The lowest BCUT2D eigenvalue weighted by Gasteiger charge is -2.12. The fourth-order valence-electron chi connectivity index (χ4n) is 1.51. The van der Waals surface area contributed by atoms with Crippen LogP contribution in [0.2, 0.25) is 0 Å². The number of rotatable bonds is 6. The van der Waals surface area contributed by atoms with Gasteiger partial charge in [0.1, 0.15) is 11.5 Å². The Bertz CT molecular complexity index is 859. The van der Waals surface area contributed by atoms with Gasteiger partial charge in [0.15, 0.2) is 0 Å². The van der Waals surface area contributed by atoms with Crippen LogP contribution in [0.1, 0.15) is 0 Å². The van der Waals surface area contributed by atoms with Crippen LogP contribution in [0, 0.1) is 0 Å². The van der Waals surface area contributed by atoms with Crippen molar-refractivity contribution in [3.05, 3.63) is 60.7 Å². The third kappa shape index (κ3) is 7.79. The summed E-state index contributed by atoms with van der Waals surface area (Å²) in [6, 6.07) is 16.3. The zero-order valence-electron chi connectivity index (χ0n) is 12.1. The molecular weight excluding hydrogens is 472 g/mol. The molecule has 0 atom stereocenters. The molecule has 0 fully saturated rings. The molecule has 0 saturated carbocycles. The number of para-hydroxylation sites is 2. The first-order chi connectivity index (χ1) is 11.6. The van der Waals surface area contributed by atoms with Crippen molar-refractivity contribution in [2.75, 3.05) is 0 Å². The zero-order chi connectivity index (χ0) is 18.6. The Balaban J connectivity index is 2.27. The van der Waals surface area contributed by atoms with Gasteiger partial charge in [-0.3, -0.25) is 0 Å². The standard InChI is InChI=1S/C12H10Cl4N2O4P2S/c13-23(14,21-11-7-3-1-4-8-11)17-25(19,20)18-24(15,16)22-12-9-5-2-6-10-12/h1-10H. The molecule has 0 radical (unpaired) electrons. The van der Waals surface area contributed by atoms with Crippen molar-refractivity contribution >= 4 is 67.1 Å². The van der Waals surface area contributed by atoms with E-state index in [0.717, 1.165) is 0 Å². The fourth-order valence-corrected chi connectivity index (χ4v) is 8.63. The summed E-state index contributed by atoms with van der Waals surface area (Å²) in [6.45, 7) is 0. The summed E-state index contributed by atoms with van der Waals surface area (Å²) in [6.07, 6.45) is 0. The highest BCUT2D eigenvalue weighted by Gasteiger charge is 2.25. The van der Waals surface area contributed by atoms with Crippen LogP contribution in [0.5, 0.6) is 11.5 Å². The van der Waals surface area contributed by atoms with E-state index in [0.29, 0.717) is 0 Å². The van der Waals surface area contributed by atoms with E-state index in [1.807, 2.05) is 0 Å². The molecule has 0 saturated heterocycles. The van der Waals surface area contributed by atoms with E-state index in [4.69, 9.17) is 54.0 Å². The van der Waals surface area contributed by atoms with Gasteiger partial charge < -0.3 is 9.05 Å². The van der Waals surface area contributed by atoms with Crippen LogP contribution < -0.4 is 9.05 Å². The van der Waals surface area contributed by atoms with Gasteiger partial charge >= 0.3 is 22.2 Å². The molecule has 6 nitrogen and oxygen atoms in total. The predicted octanol–water partition coefficient (Wildman–Crippen LogP) is 7.24. The summed E-state index contributed by atoms with van der Waals surface area (Å²) in [7, 11) is -4.57. The molecule has 0 N–H and O–H groups in total. The van der Waals surface area contributed by atoms with Gasteiger partial charge in [-0.2, -0.15) is 8.42 Å². The van der Waals surface area contributed by atoms with Gasteiger partial charge in [0, 0.05) is 0 Å². The maximum Gasteiger partial charge on any atom is 0.370 e. The van der Waals surface area contributed by atoms with E-state index < -0.39 is 22.2 Å². The van der Waals surface area contributed by atoms with E-state index in [-0.39, 0.29) is 11.5 Å². The maximum absolute atomic E-state index is 12.1. The monoisotopic (exact) mass is 480 g/mol. The molecule has 2 rings (SSSR count). The van der Waals surface area contributed by atoms with Crippen LogP contribution in [0.25, 0.3) is 0 Å². The molecule has 0 amide bonds. The molecule has 0 aromatic heterocycles. The average molecular weight is 482 g/mol. The maximum atomic E-state index is 12.1. The number of halogens is 4. The lowest BCUT2D eigenvalue weighted by Crippen LogP contribution is -1.92. The van der Waals surface area contributed by atoms with Gasteiger partial charge in [-0.05, 0) is 69.2 Å². The molecule has 25 heavy (non-hydrogen) atoms. The van der Waals surface area contributed by atoms with Crippen LogP contribution >= 0.6 is 56.9 Å². The Hall–Kier alpha value is -0.390. The summed E-state index contributed by atoms with van der Waals surface area (Å²) < 4.78 is 41.1. The van der Waals surface area contributed by atoms with Gasteiger partial charge in [-0.25, -0.2) is 0 Å². The molecule has 0 heterocycles. The summed E-state index contributed by atoms with van der Waals surface area (Å²) in [5.41, 5.74) is 0. The minimum atomic E-state index is -4.57. The molecule has 2 aromatic rings. The SMILES string of the molecule is O=S(=O)(N=P(Cl)(Cl)Oc1ccccc1)N=P(Cl)(Cl)Oc1ccccc1. The topological polar surface area (TPSA) is 77.3 Å². The number of hydrogen-bond acceptors (Lipinski definition) is 4. The zero-order valence-corrected chi connectivity index (χ0v) is 17.7. The lowest BCUT2D eigenvalue weighted by molar-refractivity contribution is 0.595. The van der Waals surface area contributed by atoms with Gasteiger partial charge in [-0.15, -0.1) is 0 Å². The minimum Gasteiger partial charge on any atom is -0.435 e. The van der Waals surface area contributed by atoms with Crippen LogP contribution in [0.3, 0.4) is 0 Å². The lowest BCUT2D eigenvalue weighted by atomic mass is 10.3. The van der Waals surface area contributed by atoms with Crippen LogP contribution in [0.4, 0.5) is 0 Å². The molecule has 13 heteroatoms. The predicted molar refractivity (Wildman–Crippen MR) is 105 cm³/mol. The highest BCUT2D eigenvalue weighted by Crippen LogP contribution is 2.64. The number of nitrogens with zero attached hydrogens (tertiary/aromatic N) is 2. The second-order valence-corrected chi connectivity index (χ2v) is 15.1. The van der Waals surface area contributed by atoms with E-state index >= 15 is 0 Å². The number of hydrogen-bond donors (Lipinski definition) is 0. The largest absolute Gasteiger partial charge is 0.435 e. The van der Waals surface area contributed by atoms with Crippen LogP contribution in [-0.4, -0.2) is 8.42 Å². The first kappa shape index (κ1) is 20.9. The normalized spacial score (nSPS) is 12.3. The Morgan fingerprint density at radius 2 is 1.00 bits per heavy atom. The number of benzene rings is 2. The van der Waals surface area contributed by atoms with Crippen molar-refractivity contribution in [3.8, 4) is 11.5 Å². The van der Waals surface area contributed by atoms with Crippen LogP contribution in [0.15, 0.2) is 69.0 Å². The van der Waals surface area contributed by atoms with Crippen molar-refractivity contribution in [1.29, 1.82) is 0 Å². The van der Waals surface area contributed by atoms with E-state index in [9.17, 15) is 8.42 Å². The Labute approximate surface area is 164 Å². The van der Waals surface area contributed by atoms with Crippen molar-refractivity contribution < 1.29 is 17.5 Å². The quantitative estimate of drug-likeness (QED) is 0.407. The average Bonchev–Trinajstić information content (AvgIpc) is 2.45. The van der Waals surface area contributed by atoms with Crippen LogP contribution in [-0.2, 0) is 10.2 Å². The molecular formula is C12H10Cl4N2O4P2S. The van der Waals surface area contributed by atoms with Gasteiger partial charge in [-0.1, -0.05) is 44.7 Å². The minimum absolute atomic E-state index is 0.248. The molecule has 0 aliphatic rings. The first-order valence-electron chi connectivity index (χ1n) is 6.37. The first-order valence-corrected chi connectivity index (χ1v) is 14.7. The third-order valence-corrected chi connectivity index (χ3v) is 9.40.